The Morgan fingerprint density at radius 3 is 2.69 bits per heavy atom. The minimum absolute atomic E-state index is 0.0281. The maximum absolute atomic E-state index is 11.6. The lowest BCUT2D eigenvalue weighted by Gasteiger charge is -2.40. The van der Waals surface area contributed by atoms with Crippen molar-refractivity contribution in [3.8, 4) is 0 Å². The third kappa shape index (κ3) is 3.76. The van der Waals surface area contributed by atoms with E-state index < -0.39 is 6.10 Å². The van der Waals surface area contributed by atoms with Gasteiger partial charge in [-0.15, -0.1) is 0 Å². The van der Waals surface area contributed by atoms with Crippen LogP contribution in [0.4, 0.5) is 0 Å². The number of carbonyl (C=O) groups is 1. The maximum Gasteiger partial charge on any atom is 0.220 e. The van der Waals surface area contributed by atoms with Gasteiger partial charge in [-0.2, -0.15) is 0 Å². The lowest BCUT2D eigenvalue weighted by atomic mass is 9.66. The lowest BCUT2D eigenvalue weighted by Crippen LogP contribution is -2.43. The van der Waals surface area contributed by atoms with Crippen molar-refractivity contribution in [2.45, 2.75) is 51.6 Å². The Hall–Kier alpha value is -0.610. The average Bonchev–Trinajstić information content (AvgIpc) is 2.21. The van der Waals surface area contributed by atoms with Crippen molar-refractivity contribution in [2.24, 2.45) is 11.1 Å². The number of nitrogens with two attached hydrogens (primary N) is 1. The first kappa shape index (κ1) is 13.5. The standard InChI is InChI=1S/C12H24N2O2/c1-2-4-10(15)8-14-11(16)7-12(9-13)5-3-6-12/h10,15H,2-9,13H2,1H3,(H,14,16). The number of rotatable bonds is 7. The highest BCUT2D eigenvalue weighted by Crippen LogP contribution is 2.42. The normalized spacial score (nSPS) is 19.9. The van der Waals surface area contributed by atoms with Crippen LogP contribution in [0.15, 0.2) is 0 Å². The van der Waals surface area contributed by atoms with Gasteiger partial charge in [0.25, 0.3) is 0 Å². The molecule has 0 aromatic rings. The molecule has 1 amide bonds. The van der Waals surface area contributed by atoms with E-state index in [-0.39, 0.29) is 11.3 Å². The summed E-state index contributed by atoms with van der Waals surface area (Å²) in [6.07, 6.45) is 5.09. The summed E-state index contributed by atoms with van der Waals surface area (Å²) in [6, 6.07) is 0. The van der Waals surface area contributed by atoms with Gasteiger partial charge in [-0.1, -0.05) is 19.8 Å². The summed E-state index contributed by atoms with van der Waals surface area (Å²) in [4.78, 5) is 11.6. The number of carbonyl (C=O) groups excluding carboxylic acids is 1. The number of aliphatic hydroxyl groups excluding tert-OH is 1. The van der Waals surface area contributed by atoms with Crippen LogP contribution in [0.3, 0.4) is 0 Å². The molecule has 0 aliphatic heterocycles. The zero-order chi connectivity index (χ0) is 12.0. The highest BCUT2D eigenvalue weighted by atomic mass is 16.3. The van der Waals surface area contributed by atoms with Crippen LogP contribution in [-0.4, -0.2) is 30.2 Å². The Balaban J connectivity index is 2.20. The van der Waals surface area contributed by atoms with Crippen LogP contribution < -0.4 is 11.1 Å². The van der Waals surface area contributed by atoms with Gasteiger partial charge in [-0.05, 0) is 31.2 Å². The van der Waals surface area contributed by atoms with Crippen LogP contribution in [-0.2, 0) is 4.79 Å². The van der Waals surface area contributed by atoms with Crippen LogP contribution in [0.5, 0.6) is 0 Å². The highest BCUT2D eigenvalue weighted by molar-refractivity contribution is 5.76. The molecule has 4 heteroatoms. The molecule has 0 bridgehead atoms. The third-order valence-corrected chi connectivity index (χ3v) is 3.54. The Morgan fingerprint density at radius 2 is 2.25 bits per heavy atom. The average molecular weight is 228 g/mol. The van der Waals surface area contributed by atoms with Gasteiger partial charge in [0.1, 0.15) is 0 Å². The Kier molecular flexibility index (Phi) is 5.22. The first-order valence-corrected chi connectivity index (χ1v) is 6.27. The molecule has 1 unspecified atom stereocenters. The van der Waals surface area contributed by atoms with Crippen LogP contribution in [0.25, 0.3) is 0 Å². The van der Waals surface area contributed by atoms with E-state index in [9.17, 15) is 9.90 Å². The van der Waals surface area contributed by atoms with Gasteiger partial charge in [0, 0.05) is 13.0 Å². The van der Waals surface area contributed by atoms with Gasteiger partial charge in [-0.3, -0.25) is 4.79 Å². The third-order valence-electron chi connectivity index (χ3n) is 3.54. The van der Waals surface area contributed by atoms with E-state index in [2.05, 4.69) is 5.32 Å². The highest BCUT2D eigenvalue weighted by Gasteiger charge is 2.37. The topological polar surface area (TPSA) is 75.3 Å². The summed E-state index contributed by atoms with van der Waals surface area (Å²) < 4.78 is 0. The quantitative estimate of drug-likeness (QED) is 0.603. The van der Waals surface area contributed by atoms with E-state index in [1.54, 1.807) is 0 Å². The Labute approximate surface area is 97.6 Å². The van der Waals surface area contributed by atoms with Crippen molar-refractivity contribution in [1.29, 1.82) is 0 Å². The van der Waals surface area contributed by atoms with E-state index >= 15 is 0 Å². The molecule has 4 nitrogen and oxygen atoms in total. The second-order valence-corrected chi connectivity index (χ2v) is 4.98. The van der Waals surface area contributed by atoms with Crippen molar-refractivity contribution < 1.29 is 9.90 Å². The smallest absolute Gasteiger partial charge is 0.220 e. The molecule has 1 fully saturated rings. The zero-order valence-corrected chi connectivity index (χ0v) is 10.2. The molecule has 16 heavy (non-hydrogen) atoms. The minimum atomic E-state index is -0.413. The van der Waals surface area contributed by atoms with Crippen molar-refractivity contribution in [3.63, 3.8) is 0 Å². The van der Waals surface area contributed by atoms with Gasteiger partial charge < -0.3 is 16.2 Å². The Morgan fingerprint density at radius 1 is 1.56 bits per heavy atom. The molecular weight excluding hydrogens is 204 g/mol. The van der Waals surface area contributed by atoms with E-state index in [0.29, 0.717) is 19.5 Å². The van der Waals surface area contributed by atoms with Crippen molar-refractivity contribution in [2.75, 3.05) is 13.1 Å². The predicted octanol–water partition coefficient (Wildman–Crippen LogP) is 0.783. The molecule has 1 aliphatic carbocycles. The second kappa shape index (κ2) is 6.21. The summed E-state index contributed by atoms with van der Waals surface area (Å²) in [6.45, 7) is 2.98. The lowest BCUT2D eigenvalue weighted by molar-refractivity contribution is -0.125. The number of hydrogen-bond donors (Lipinski definition) is 3. The van der Waals surface area contributed by atoms with Crippen LogP contribution in [0.2, 0.25) is 0 Å². The first-order valence-electron chi connectivity index (χ1n) is 6.27. The van der Waals surface area contributed by atoms with E-state index in [0.717, 1.165) is 25.7 Å². The molecule has 0 heterocycles. The van der Waals surface area contributed by atoms with Crippen molar-refractivity contribution in [1.82, 2.24) is 5.32 Å². The number of aliphatic hydroxyl groups is 1. The molecule has 94 valence electrons. The molecule has 1 saturated carbocycles. The molecule has 0 saturated heterocycles. The largest absolute Gasteiger partial charge is 0.391 e. The van der Waals surface area contributed by atoms with Crippen molar-refractivity contribution >= 4 is 5.91 Å². The van der Waals surface area contributed by atoms with Gasteiger partial charge in [0.05, 0.1) is 6.10 Å². The maximum atomic E-state index is 11.6. The molecule has 1 rings (SSSR count). The van der Waals surface area contributed by atoms with E-state index in [1.165, 1.54) is 6.42 Å². The zero-order valence-electron chi connectivity index (χ0n) is 10.2. The van der Waals surface area contributed by atoms with Crippen molar-refractivity contribution in [3.05, 3.63) is 0 Å². The van der Waals surface area contributed by atoms with Gasteiger partial charge in [0.2, 0.25) is 5.91 Å². The van der Waals surface area contributed by atoms with E-state index in [1.807, 2.05) is 6.92 Å². The molecule has 0 radical (unpaired) electrons. The number of nitrogens with one attached hydrogen (secondary N) is 1. The van der Waals surface area contributed by atoms with Crippen LogP contribution >= 0.6 is 0 Å². The molecule has 1 aliphatic rings. The summed E-state index contributed by atoms with van der Waals surface area (Å²) in [7, 11) is 0. The number of hydrogen-bond acceptors (Lipinski definition) is 3. The summed E-state index contributed by atoms with van der Waals surface area (Å²) >= 11 is 0. The molecule has 0 aromatic heterocycles. The minimum Gasteiger partial charge on any atom is -0.391 e. The summed E-state index contributed by atoms with van der Waals surface area (Å²) in [5.41, 5.74) is 5.75. The predicted molar refractivity (Wildman–Crippen MR) is 63.9 cm³/mol. The fourth-order valence-electron chi connectivity index (χ4n) is 2.20. The first-order chi connectivity index (χ1) is 7.62. The number of amides is 1. The Bertz CT molecular complexity index is 222. The fourth-order valence-corrected chi connectivity index (χ4v) is 2.20. The van der Waals surface area contributed by atoms with Crippen LogP contribution in [0, 0.1) is 5.41 Å². The monoisotopic (exact) mass is 228 g/mol. The molecule has 4 N–H and O–H groups in total. The van der Waals surface area contributed by atoms with Gasteiger partial charge in [-0.25, -0.2) is 0 Å². The van der Waals surface area contributed by atoms with Gasteiger partial charge >= 0.3 is 0 Å². The van der Waals surface area contributed by atoms with Gasteiger partial charge in [0.15, 0.2) is 0 Å². The van der Waals surface area contributed by atoms with Crippen LogP contribution in [0.1, 0.15) is 45.4 Å². The fraction of sp³-hybridized carbons (Fsp3) is 0.917. The summed E-state index contributed by atoms with van der Waals surface area (Å²) in [5.74, 6) is 0.0281. The molecule has 0 spiro atoms. The summed E-state index contributed by atoms with van der Waals surface area (Å²) in [5, 5.41) is 12.3. The SMILES string of the molecule is CCCC(O)CNC(=O)CC1(CN)CCC1. The molecular formula is C12H24N2O2. The molecule has 0 aromatic carbocycles. The van der Waals surface area contributed by atoms with E-state index in [4.69, 9.17) is 5.73 Å². The second-order valence-electron chi connectivity index (χ2n) is 4.98. The molecule has 1 atom stereocenters.